The van der Waals surface area contributed by atoms with Crippen molar-refractivity contribution in [1.82, 2.24) is 10.2 Å². The highest BCUT2D eigenvalue weighted by atomic mass is 32.2. The van der Waals surface area contributed by atoms with Gasteiger partial charge in [-0.1, -0.05) is 32.0 Å². The van der Waals surface area contributed by atoms with Gasteiger partial charge in [-0.2, -0.15) is 0 Å². The van der Waals surface area contributed by atoms with E-state index in [1.54, 1.807) is 54.6 Å². The summed E-state index contributed by atoms with van der Waals surface area (Å²) in [6.45, 7) is 7.38. The van der Waals surface area contributed by atoms with Crippen molar-refractivity contribution in [3.05, 3.63) is 90.0 Å². The highest BCUT2D eigenvalue weighted by Crippen LogP contribution is 2.17. The molecule has 3 N–H and O–H groups in total. The SMILES string of the molecule is CCN(CC)CCNC(=O)c1ccc(NC(=O)c2ccc(S(=O)(=O)Nc3ccccc3)cc2)cc1. The van der Waals surface area contributed by atoms with Crippen molar-refractivity contribution in [1.29, 1.82) is 0 Å². The maximum Gasteiger partial charge on any atom is 0.261 e. The van der Waals surface area contributed by atoms with E-state index in [0.29, 0.717) is 29.0 Å². The lowest BCUT2D eigenvalue weighted by Gasteiger charge is -2.18. The van der Waals surface area contributed by atoms with E-state index < -0.39 is 10.0 Å². The Hall–Kier alpha value is -3.69. The molecular weight excluding hydrogens is 464 g/mol. The van der Waals surface area contributed by atoms with E-state index in [1.807, 2.05) is 0 Å². The van der Waals surface area contributed by atoms with Crippen molar-refractivity contribution in [2.24, 2.45) is 0 Å². The summed E-state index contributed by atoms with van der Waals surface area (Å²) in [7, 11) is -3.76. The summed E-state index contributed by atoms with van der Waals surface area (Å²) in [5.41, 5.74) is 1.79. The summed E-state index contributed by atoms with van der Waals surface area (Å²) in [5, 5.41) is 5.65. The standard InChI is InChI=1S/C26H30N4O4S/c1-3-30(4-2)19-18-27-25(31)20-10-14-22(15-11-20)28-26(32)21-12-16-24(17-13-21)35(33,34)29-23-8-6-5-7-9-23/h5-17,29H,3-4,18-19H2,1-2H3,(H,27,31)(H,28,32). The first kappa shape index (κ1) is 25.9. The first-order valence-corrected chi connectivity index (χ1v) is 12.9. The van der Waals surface area contributed by atoms with Crippen molar-refractivity contribution in [3.63, 3.8) is 0 Å². The zero-order chi connectivity index (χ0) is 25.3. The number of sulfonamides is 1. The largest absolute Gasteiger partial charge is 0.351 e. The Morgan fingerprint density at radius 2 is 1.31 bits per heavy atom. The fourth-order valence-corrected chi connectivity index (χ4v) is 4.44. The summed E-state index contributed by atoms with van der Waals surface area (Å²) in [4.78, 5) is 27.2. The smallest absolute Gasteiger partial charge is 0.261 e. The molecule has 0 aliphatic heterocycles. The number of hydrogen-bond acceptors (Lipinski definition) is 5. The van der Waals surface area contributed by atoms with Gasteiger partial charge >= 0.3 is 0 Å². The highest BCUT2D eigenvalue weighted by molar-refractivity contribution is 7.92. The molecule has 0 saturated heterocycles. The van der Waals surface area contributed by atoms with Crippen LogP contribution in [0.5, 0.6) is 0 Å². The molecule has 0 unspecified atom stereocenters. The third-order valence-corrected chi connectivity index (χ3v) is 6.86. The number of nitrogens with one attached hydrogen (secondary N) is 3. The Balaban J connectivity index is 1.56. The number of amides is 2. The summed E-state index contributed by atoms with van der Waals surface area (Å²) in [6, 6.07) is 20.8. The van der Waals surface area contributed by atoms with E-state index in [2.05, 4.69) is 34.1 Å². The minimum Gasteiger partial charge on any atom is -0.351 e. The van der Waals surface area contributed by atoms with Gasteiger partial charge in [0.1, 0.15) is 0 Å². The molecule has 8 nitrogen and oxygen atoms in total. The molecule has 0 aliphatic rings. The van der Waals surface area contributed by atoms with Crippen LogP contribution in [0.25, 0.3) is 0 Å². The molecule has 2 amide bonds. The van der Waals surface area contributed by atoms with Gasteiger partial charge in [0, 0.05) is 35.6 Å². The number of benzene rings is 3. The number of para-hydroxylation sites is 1. The van der Waals surface area contributed by atoms with Crippen LogP contribution in [0.1, 0.15) is 34.6 Å². The topological polar surface area (TPSA) is 108 Å². The third kappa shape index (κ3) is 7.40. The summed E-state index contributed by atoms with van der Waals surface area (Å²) >= 11 is 0. The lowest BCUT2D eigenvalue weighted by atomic mass is 10.1. The highest BCUT2D eigenvalue weighted by Gasteiger charge is 2.15. The normalized spacial score (nSPS) is 11.2. The molecule has 0 bridgehead atoms. The van der Waals surface area contributed by atoms with Gasteiger partial charge in [0.05, 0.1) is 4.90 Å². The van der Waals surface area contributed by atoms with Crippen LogP contribution in [0.2, 0.25) is 0 Å². The molecule has 0 aliphatic carbocycles. The van der Waals surface area contributed by atoms with Gasteiger partial charge in [-0.05, 0) is 73.8 Å². The van der Waals surface area contributed by atoms with Crippen molar-refractivity contribution < 1.29 is 18.0 Å². The van der Waals surface area contributed by atoms with Gasteiger partial charge in [0.15, 0.2) is 0 Å². The van der Waals surface area contributed by atoms with Gasteiger partial charge in [0.25, 0.3) is 21.8 Å². The molecule has 0 fully saturated rings. The number of anilines is 2. The summed E-state index contributed by atoms with van der Waals surface area (Å²) in [6.07, 6.45) is 0. The molecule has 0 atom stereocenters. The van der Waals surface area contributed by atoms with Gasteiger partial charge in [-0.3, -0.25) is 14.3 Å². The molecule has 0 aromatic heterocycles. The van der Waals surface area contributed by atoms with Gasteiger partial charge < -0.3 is 15.5 Å². The number of likely N-dealkylation sites (N-methyl/N-ethyl adjacent to an activating group) is 1. The van der Waals surface area contributed by atoms with Crippen LogP contribution >= 0.6 is 0 Å². The second-order valence-electron chi connectivity index (χ2n) is 7.81. The average molecular weight is 495 g/mol. The zero-order valence-electron chi connectivity index (χ0n) is 19.8. The molecule has 9 heteroatoms. The molecule has 3 rings (SSSR count). The molecule has 0 saturated carbocycles. The number of rotatable bonds is 11. The van der Waals surface area contributed by atoms with Gasteiger partial charge in [-0.15, -0.1) is 0 Å². The van der Waals surface area contributed by atoms with E-state index in [-0.39, 0.29) is 16.7 Å². The Kier molecular flexibility index (Phi) is 8.99. The van der Waals surface area contributed by atoms with Crippen LogP contribution in [0.3, 0.4) is 0 Å². The Bertz CT molecular complexity index is 1220. The first-order chi connectivity index (χ1) is 16.8. The van der Waals surface area contributed by atoms with E-state index >= 15 is 0 Å². The van der Waals surface area contributed by atoms with Crippen molar-refractivity contribution in [2.45, 2.75) is 18.7 Å². The second kappa shape index (κ2) is 12.1. The van der Waals surface area contributed by atoms with E-state index in [0.717, 1.165) is 19.6 Å². The van der Waals surface area contributed by atoms with Gasteiger partial charge in [0.2, 0.25) is 0 Å². The fraction of sp³-hybridized carbons (Fsp3) is 0.231. The molecule has 0 radical (unpaired) electrons. The third-order valence-electron chi connectivity index (χ3n) is 5.47. The fourth-order valence-electron chi connectivity index (χ4n) is 3.38. The minimum absolute atomic E-state index is 0.0502. The zero-order valence-corrected chi connectivity index (χ0v) is 20.6. The lowest BCUT2D eigenvalue weighted by Crippen LogP contribution is -2.34. The Labute approximate surface area is 206 Å². The summed E-state index contributed by atoms with van der Waals surface area (Å²) < 4.78 is 27.6. The molecule has 35 heavy (non-hydrogen) atoms. The van der Waals surface area contributed by atoms with Crippen LogP contribution in [0.15, 0.2) is 83.8 Å². The molecule has 3 aromatic carbocycles. The number of nitrogens with zero attached hydrogens (tertiary/aromatic N) is 1. The maximum absolute atomic E-state index is 12.6. The predicted molar refractivity (Wildman–Crippen MR) is 138 cm³/mol. The first-order valence-electron chi connectivity index (χ1n) is 11.4. The van der Waals surface area contributed by atoms with Crippen LogP contribution < -0.4 is 15.4 Å². The molecule has 0 spiro atoms. The van der Waals surface area contributed by atoms with Crippen LogP contribution in [0.4, 0.5) is 11.4 Å². The Morgan fingerprint density at radius 3 is 1.91 bits per heavy atom. The van der Waals surface area contributed by atoms with Crippen molar-refractivity contribution in [2.75, 3.05) is 36.2 Å². The number of carbonyl (C=O) groups is 2. The molecule has 3 aromatic rings. The van der Waals surface area contributed by atoms with E-state index in [1.165, 1.54) is 24.3 Å². The van der Waals surface area contributed by atoms with Crippen LogP contribution in [-0.4, -0.2) is 51.3 Å². The second-order valence-corrected chi connectivity index (χ2v) is 9.49. The quantitative estimate of drug-likeness (QED) is 0.376. The Morgan fingerprint density at radius 1 is 0.743 bits per heavy atom. The molecule has 0 heterocycles. The minimum atomic E-state index is -3.76. The van der Waals surface area contributed by atoms with E-state index in [4.69, 9.17) is 0 Å². The lowest BCUT2D eigenvalue weighted by molar-refractivity contribution is 0.0948. The van der Waals surface area contributed by atoms with Crippen LogP contribution in [0, 0.1) is 0 Å². The maximum atomic E-state index is 12.6. The molecule has 184 valence electrons. The summed E-state index contributed by atoms with van der Waals surface area (Å²) in [5.74, 6) is -0.558. The number of hydrogen-bond donors (Lipinski definition) is 3. The van der Waals surface area contributed by atoms with E-state index in [9.17, 15) is 18.0 Å². The monoisotopic (exact) mass is 494 g/mol. The van der Waals surface area contributed by atoms with Crippen LogP contribution in [-0.2, 0) is 10.0 Å². The van der Waals surface area contributed by atoms with Gasteiger partial charge in [-0.25, -0.2) is 8.42 Å². The average Bonchev–Trinajstić information content (AvgIpc) is 2.87. The van der Waals surface area contributed by atoms with Crippen molar-refractivity contribution >= 4 is 33.2 Å². The number of carbonyl (C=O) groups excluding carboxylic acids is 2. The molecular formula is C26H30N4O4S. The van der Waals surface area contributed by atoms with Crippen molar-refractivity contribution in [3.8, 4) is 0 Å². The predicted octanol–water partition coefficient (Wildman–Crippen LogP) is 3.81.